The highest BCUT2D eigenvalue weighted by molar-refractivity contribution is 6.19. The van der Waals surface area contributed by atoms with Crippen LogP contribution in [0.3, 0.4) is 0 Å². The molecule has 2 aliphatic carbocycles. The quantitative estimate of drug-likeness (QED) is 0.442. The summed E-state index contributed by atoms with van der Waals surface area (Å²) in [5.41, 5.74) is 4.97. The molecule has 4 rings (SSSR count). The zero-order valence-corrected chi connectivity index (χ0v) is 15.6. The fraction of sp³-hybridized carbons (Fsp3) is 0.364. The van der Waals surface area contributed by atoms with E-state index in [0.29, 0.717) is 29.9 Å². The van der Waals surface area contributed by atoms with Crippen molar-refractivity contribution in [2.75, 3.05) is 16.2 Å². The minimum atomic E-state index is 0.386. The molecule has 0 heterocycles. The van der Waals surface area contributed by atoms with Crippen molar-refractivity contribution in [2.45, 2.75) is 32.4 Å². The summed E-state index contributed by atoms with van der Waals surface area (Å²) in [6.07, 6.45) is 5.98. The van der Waals surface area contributed by atoms with Crippen LogP contribution in [-0.4, -0.2) is 18.1 Å². The summed E-state index contributed by atoms with van der Waals surface area (Å²) in [4.78, 5) is 2.36. The Labute approximate surface area is 155 Å². The molecule has 0 radical (unpaired) electrons. The third kappa shape index (κ3) is 3.16. The van der Waals surface area contributed by atoms with E-state index in [1.165, 1.54) is 28.9 Å². The van der Waals surface area contributed by atoms with E-state index in [1.54, 1.807) is 0 Å². The molecule has 130 valence electrons. The Morgan fingerprint density at radius 2 is 1.52 bits per heavy atom. The van der Waals surface area contributed by atoms with Crippen molar-refractivity contribution in [3.8, 4) is 0 Å². The number of halogens is 1. The van der Waals surface area contributed by atoms with Gasteiger partial charge in [0.05, 0.1) is 18.1 Å². The van der Waals surface area contributed by atoms with E-state index in [-0.39, 0.29) is 0 Å². The molecule has 3 heteroatoms. The van der Waals surface area contributed by atoms with Crippen LogP contribution in [0.25, 0.3) is 0 Å². The van der Waals surface area contributed by atoms with Gasteiger partial charge in [-0.05, 0) is 56.4 Å². The van der Waals surface area contributed by atoms with Crippen molar-refractivity contribution in [3.63, 3.8) is 0 Å². The number of nitrogens with zero attached hydrogens (tertiary/aromatic N) is 1. The molecule has 2 aliphatic rings. The Kier molecular flexibility index (Phi) is 4.47. The number of nitrogens with one attached hydrogen (secondary N) is 1. The lowest BCUT2D eigenvalue weighted by Crippen LogP contribution is -2.49. The van der Waals surface area contributed by atoms with E-state index in [1.807, 2.05) is 0 Å². The molecule has 1 N–H and O–H groups in total. The first-order valence-electron chi connectivity index (χ1n) is 9.06. The van der Waals surface area contributed by atoms with Crippen LogP contribution >= 0.6 is 11.6 Å². The smallest absolute Gasteiger partial charge is 0.0932 e. The normalized spacial score (nSPS) is 26.8. The maximum absolute atomic E-state index is 6.42. The van der Waals surface area contributed by atoms with E-state index in [9.17, 15) is 0 Å². The lowest BCUT2D eigenvalue weighted by atomic mass is 9.93. The first kappa shape index (κ1) is 16.5. The number of aryl methyl sites for hydroxylation is 2. The lowest BCUT2D eigenvalue weighted by molar-refractivity contribution is 0.498. The minimum absolute atomic E-state index is 0.386. The van der Waals surface area contributed by atoms with Gasteiger partial charge < -0.3 is 10.2 Å². The van der Waals surface area contributed by atoms with Gasteiger partial charge in [0.1, 0.15) is 0 Å². The van der Waals surface area contributed by atoms with Gasteiger partial charge in [0, 0.05) is 11.4 Å². The summed E-state index contributed by atoms with van der Waals surface area (Å²) in [6.45, 7) is 4.25. The highest BCUT2D eigenvalue weighted by Crippen LogP contribution is 2.44. The predicted octanol–water partition coefficient (Wildman–Crippen LogP) is 5.36. The Morgan fingerprint density at radius 3 is 2.16 bits per heavy atom. The summed E-state index contributed by atoms with van der Waals surface area (Å²) in [6, 6.07) is 18.7. The zero-order chi connectivity index (χ0) is 17.4. The van der Waals surface area contributed by atoms with Crippen molar-refractivity contribution in [1.82, 2.24) is 0 Å². The molecule has 2 aromatic carbocycles. The second kappa shape index (κ2) is 6.76. The van der Waals surface area contributed by atoms with Crippen molar-refractivity contribution in [2.24, 2.45) is 11.8 Å². The molecule has 1 fully saturated rings. The zero-order valence-electron chi connectivity index (χ0n) is 14.8. The van der Waals surface area contributed by atoms with Crippen molar-refractivity contribution >= 4 is 23.0 Å². The van der Waals surface area contributed by atoms with Crippen LogP contribution in [0.5, 0.6) is 0 Å². The molecule has 1 saturated carbocycles. The molecular weight excluding hydrogens is 328 g/mol. The average Bonchev–Trinajstić information content (AvgIpc) is 3.22. The number of anilines is 2. The highest BCUT2D eigenvalue weighted by Gasteiger charge is 2.47. The van der Waals surface area contributed by atoms with Crippen LogP contribution in [0, 0.1) is 25.7 Å². The molecule has 0 aromatic heterocycles. The summed E-state index contributed by atoms with van der Waals surface area (Å²) in [7, 11) is 0. The largest absolute Gasteiger partial charge is 0.380 e. The number of rotatable bonds is 5. The molecule has 0 unspecified atom stereocenters. The van der Waals surface area contributed by atoms with Crippen LogP contribution in [0.15, 0.2) is 60.7 Å². The van der Waals surface area contributed by atoms with E-state index in [0.717, 1.165) is 0 Å². The Bertz CT molecular complexity index is 751. The Balaban J connectivity index is 1.62. The maximum Gasteiger partial charge on any atom is 0.0932 e. The van der Waals surface area contributed by atoms with Gasteiger partial charge in [0.15, 0.2) is 0 Å². The van der Waals surface area contributed by atoms with Gasteiger partial charge in [0.25, 0.3) is 0 Å². The summed E-state index contributed by atoms with van der Waals surface area (Å²) < 4.78 is 0. The van der Waals surface area contributed by atoms with Gasteiger partial charge in [-0.25, -0.2) is 0 Å². The van der Waals surface area contributed by atoms with Gasteiger partial charge in [-0.1, -0.05) is 47.5 Å². The molecular formula is C22H25ClN2. The van der Waals surface area contributed by atoms with Crippen LogP contribution in [-0.2, 0) is 0 Å². The number of benzene rings is 2. The number of fused-ring (bicyclic) bond motifs is 2. The fourth-order valence-electron chi connectivity index (χ4n) is 4.31. The van der Waals surface area contributed by atoms with Gasteiger partial charge in [-0.15, -0.1) is 11.6 Å². The van der Waals surface area contributed by atoms with Crippen LogP contribution in [0.1, 0.15) is 17.5 Å². The van der Waals surface area contributed by atoms with E-state index in [4.69, 9.17) is 11.6 Å². The molecule has 0 saturated heterocycles. The second-order valence-electron chi connectivity index (χ2n) is 7.40. The maximum atomic E-state index is 6.42. The van der Waals surface area contributed by atoms with Crippen molar-refractivity contribution in [1.29, 1.82) is 0 Å². The average molecular weight is 353 g/mol. The van der Waals surface area contributed by atoms with Crippen LogP contribution in [0.2, 0.25) is 0 Å². The topological polar surface area (TPSA) is 15.3 Å². The van der Waals surface area contributed by atoms with Gasteiger partial charge in [0.2, 0.25) is 0 Å². The van der Waals surface area contributed by atoms with Gasteiger partial charge in [-0.3, -0.25) is 0 Å². The number of alkyl halides is 1. The molecule has 2 nitrogen and oxygen atoms in total. The van der Waals surface area contributed by atoms with E-state index in [2.05, 4.69) is 84.7 Å². The first-order valence-corrected chi connectivity index (χ1v) is 9.60. The number of hydrogen-bond donors (Lipinski definition) is 1. The molecule has 25 heavy (non-hydrogen) atoms. The van der Waals surface area contributed by atoms with Gasteiger partial charge >= 0.3 is 0 Å². The first-order chi connectivity index (χ1) is 12.2. The van der Waals surface area contributed by atoms with Crippen molar-refractivity contribution in [3.05, 3.63) is 71.8 Å². The molecule has 4 atom stereocenters. The van der Waals surface area contributed by atoms with E-state index >= 15 is 0 Å². The Morgan fingerprint density at radius 1 is 0.920 bits per heavy atom. The summed E-state index contributed by atoms with van der Waals surface area (Å²) in [5, 5.41) is 3.79. The van der Waals surface area contributed by atoms with E-state index < -0.39 is 0 Å². The predicted molar refractivity (Wildman–Crippen MR) is 107 cm³/mol. The van der Waals surface area contributed by atoms with Crippen LogP contribution < -0.4 is 10.2 Å². The molecule has 0 aliphatic heterocycles. The molecule has 2 aromatic rings. The highest BCUT2D eigenvalue weighted by atomic mass is 35.5. The van der Waals surface area contributed by atoms with Crippen molar-refractivity contribution < 1.29 is 0 Å². The minimum Gasteiger partial charge on any atom is -0.380 e. The molecule has 0 spiro atoms. The third-order valence-corrected chi connectivity index (χ3v) is 5.91. The lowest BCUT2D eigenvalue weighted by Gasteiger charge is -2.39. The monoisotopic (exact) mass is 352 g/mol. The Hall–Kier alpha value is -1.93. The third-order valence-electron chi connectivity index (χ3n) is 5.66. The molecule has 2 bridgehead atoms. The summed E-state index contributed by atoms with van der Waals surface area (Å²) in [5.74, 6) is 1.14. The molecule has 0 amide bonds. The standard InChI is InChI=1S/C22H25ClN2/c1-15-3-9-19(10-4-15)24-21-17-7-8-18(13-17)22(21)25(14-23)20-11-5-16(2)6-12-20/h3-12,17-18,21-22,24H,13-14H2,1-2H3/t17-,18+,21-,22+/m0/s1. The van der Waals surface area contributed by atoms with Crippen LogP contribution in [0.4, 0.5) is 11.4 Å². The van der Waals surface area contributed by atoms with Gasteiger partial charge in [-0.2, -0.15) is 0 Å². The number of hydrogen-bond acceptors (Lipinski definition) is 2. The second-order valence-corrected chi connectivity index (χ2v) is 7.64. The fourth-order valence-corrected chi connectivity index (χ4v) is 4.61. The SMILES string of the molecule is Cc1ccc(N[C@@H]2[C@H](N(CCl)c3ccc(C)cc3)[C@@H]3C=C[C@H]2C3)cc1. The summed E-state index contributed by atoms with van der Waals surface area (Å²) >= 11 is 6.42.